The van der Waals surface area contributed by atoms with Crippen molar-refractivity contribution in [1.29, 1.82) is 0 Å². The van der Waals surface area contributed by atoms with E-state index >= 15 is 0 Å². The van der Waals surface area contributed by atoms with Gasteiger partial charge in [0.1, 0.15) is 0 Å². The summed E-state index contributed by atoms with van der Waals surface area (Å²) in [7, 11) is 0. The molecule has 5 heteroatoms. The molecule has 0 N–H and O–H groups in total. The molecule has 2 aromatic carbocycles. The van der Waals surface area contributed by atoms with Gasteiger partial charge in [-0.2, -0.15) is 0 Å². The molecule has 0 aromatic heterocycles. The average Bonchev–Trinajstić information content (AvgIpc) is 2.99. The van der Waals surface area contributed by atoms with Crippen LogP contribution in [0.4, 0.5) is 0 Å². The molecule has 23 heavy (non-hydrogen) atoms. The number of hydrogen-bond acceptors (Lipinski definition) is 3. The smallest absolute Gasteiger partial charge is 0.329 e. The van der Waals surface area contributed by atoms with Crippen LogP contribution in [0.25, 0.3) is 0 Å². The van der Waals surface area contributed by atoms with E-state index in [1.807, 2.05) is 77.3 Å². The van der Waals surface area contributed by atoms with Crippen LogP contribution >= 0.6 is 11.8 Å². The third-order valence-electron chi connectivity index (χ3n) is 3.96. The van der Waals surface area contributed by atoms with Gasteiger partial charge in [0.05, 0.1) is 11.8 Å². The summed E-state index contributed by atoms with van der Waals surface area (Å²) in [5.41, 5.74) is 2.12. The lowest BCUT2D eigenvalue weighted by Crippen LogP contribution is -2.46. The lowest BCUT2D eigenvalue weighted by molar-refractivity contribution is -0.140. The fourth-order valence-corrected chi connectivity index (χ4v) is 4.46. The Morgan fingerprint density at radius 1 is 1.00 bits per heavy atom. The first-order valence-electron chi connectivity index (χ1n) is 7.59. The molecule has 0 aliphatic carbocycles. The van der Waals surface area contributed by atoms with Gasteiger partial charge in [0.15, 0.2) is 0 Å². The van der Waals surface area contributed by atoms with Crippen molar-refractivity contribution >= 4 is 29.3 Å². The van der Waals surface area contributed by atoms with Crippen molar-refractivity contribution in [3.8, 4) is 0 Å². The Balaban J connectivity index is 0.000000162. The Labute approximate surface area is 144 Å². The van der Waals surface area contributed by atoms with Crippen molar-refractivity contribution in [3.05, 3.63) is 71.8 Å². The monoisotopic (exact) mass is 344 g/mol. The van der Waals surface area contributed by atoms with Crippen LogP contribution in [0.5, 0.6) is 0 Å². The van der Waals surface area contributed by atoms with Crippen molar-refractivity contribution in [1.82, 2.24) is 4.90 Å². The van der Waals surface area contributed by atoms with Crippen molar-refractivity contribution < 1.29 is 9.00 Å². The summed E-state index contributed by atoms with van der Waals surface area (Å²) < 4.78 is 11.1. The molecule has 4 rings (SSSR count). The minimum atomic E-state index is -0.104. The maximum absolute atomic E-state index is 11.1. The molecule has 2 saturated heterocycles. The Morgan fingerprint density at radius 2 is 1.57 bits per heavy atom. The predicted molar refractivity (Wildman–Crippen MR) is 95.4 cm³/mol. The Morgan fingerprint density at radius 3 is 1.96 bits per heavy atom. The van der Waals surface area contributed by atoms with Gasteiger partial charge in [0.2, 0.25) is 5.91 Å². The van der Waals surface area contributed by atoms with Gasteiger partial charge in [-0.1, -0.05) is 60.7 Å². The van der Waals surface area contributed by atoms with Gasteiger partial charge in [-0.25, -0.2) is 0 Å². The summed E-state index contributed by atoms with van der Waals surface area (Å²) in [5, 5.41) is 0.467. The normalized spacial score (nSPS) is 18.7. The van der Waals surface area contributed by atoms with Crippen LogP contribution < -0.4 is 0 Å². The molecule has 118 valence electrons. The molecule has 1 atom stereocenters. The summed E-state index contributed by atoms with van der Waals surface area (Å²) in [6.07, 6.45) is 0.796. The molecule has 0 bridgehead atoms. The Hall–Kier alpha value is -1.72. The number of carbonyl (C=O) groups is 1. The van der Waals surface area contributed by atoms with Gasteiger partial charge in [-0.15, -0.1) is 11.8 Å². The van der Waals surface area contributed by atoms with E-state index in [4.69, 9.17) is 0 Å². The molecule has 0 saturated carbocycles. The SMILES string of the molecule is O=C1CC2SCCN12.O=[S+]C(c1ccccc1)c1ccccc1. The fourth-order valence-electron chi connectivity index (χ4n) is 2.69. The summed E-state index contributed by atoms with van der Waals surface area (Å²) in [4.78, 5) is 12.6. The number of rotatable bonds is 3. The second-order valence-corrected chi connectivity index (χ2v) is 7.36. The zero-order chi connectivity index (χ0) is 16.1. The van der Waals surface area contributed by atoms with Gasteiger partial charge in [-0.3, -0.25) is 4.79 Å². The molecular formula is C18H18NO2S2+. The second kappa shape index (κ2) is 7.70. The first kappa shape index (κ1) is 16.1. The second-order valence-electron chi connectivity index (χ2n) is 5.41. The zero-order valence-electron chi connectivity index (χ0n) is 12.6. The van der Waals surface area contributed by atoms with Crippen molar-refractivity contribution in [2.24, 2.45) is 0 Å². The summed E-state index contributed by atoms with van der Waals surface area (Å²) in [5.74, 6) is 1.50. The first-order chi connectivity index (χ1) is 11.3. The van der Waals surface area contributed by atoms with Crippen LogP contribution in [-0.2, 0) is 20.7 Å². The van der Waals surface area contributed by atoms with E-state index in [-0.39, 0.29) is 5.25 Å². The van der Waals surface area contributed by atoms with E-state index in [2.05, 4.69) is 0 Å². The third kappa shape index (κ3) is 3.79. The summed E-state index contributed by atoms with van der Waals surface area (Å²) >= 11 is 2.53. The number of thioether (sulfide) groups is 1. The molecule has 3 nitrogen and oxygen atoms in total. The molecule has 0 radical (unpaired) electrons. The van der Waals surface area contributed by atoms with Gasteiger partial charge in [-0.05, 0) is 0 Å². The Kier molecular flexibility index (Phi) is 5.41. The fraction of sp³-hybridized carbons (Fsp3) is 0.278. The van der Waals surface area contributed by atoms with E-state index < -0.39 is 0 Å². The molecule has 1 unspecified atom stereocenters. The molecule has 1 amide bonds. The highest BCUT2D eigenvalue weighted by atomic mass is 32.2. The van der Waals surface area contributed by atoms with E-state index in [9.17, 15) is 9.00 Å². The van der Waals surface area contributed by atoms with E-state index in [0.717, 1.165) is 29.8 Å². The standard InChI is InChI=1S/C13H11OS.C5H7NOS/c14-15-13(11-7-3-1-4-8-11)12-9-5-2-6-10-12;7-4-3-5-6(4)1-2-8-5/h1-10,13H;5H,1-3H2/q+1;. The van der Waals surface area contributed by atoms with Crippen LogP contribution in [0, 0.1) is 0 Å². The molecule has 2 aliphatic heterocycles. The van der Waals surface area contributed by atoms with E-state index in [0.29, 0.717) is 22.9 Å². The van der Waals surface area contributed by atoms with Crippen LogP contribution in [0.15, 0.2) is 60.7 Å². The highest BCUT2D eigenvalue weighted by Gasteiger charge is 2.39. The lowest BCUT2D eigenvalue weighted by Gasteiger charge is -2.32. The third-order valence-corrected chi connectivity index (χ3v) is 5.92. The van der Waals surface area contributed by atoms with Crippen LogP contribution in [0.3, 0.4) is 0 Å². The number of fused-ring (bicyclic) bond motifs is 1. The highest BCUT2D eigenvalue weighted by molar-refractivity contribution is 8.00. The number of hydrogen-bond donors (Lipinski definition) is 0. The van der Waals surface area contributed by atoms with Crippen molar-refractivity contribution in [2.45, 2.75) is 17.0 Å². The molecule has 0 spiro atoms. The van der Waals surface area contributed by atoms with E-state index in [1.54, 1.807) is 0 Å². The molecular weight excluding hydrogens is 326 g/mol. The van der Waals surface area contributed by atoms with Crippen LogP contribution in [-0.4, -0.2) is 28.5 Å². The summed E-state index contributed by atoms with van der Waals surface area (Å²) in [6.45, 7) is 0.994. The number of carbonyl (C=O) groups excluding carboxylic acids is 1. The average molecular weight is 344 g/mol. The number of β-lactam (4-membered cyclic amide) rings is 1. The highest BCUT2D eigenvalue weighted by Crippen LogP contribution is 2.34. The largest absolute Gasteiger partial charge is 0.472 e. The maximum atomic E-state index is 11.1. The first-order valence-corrected chi connectivity index (χ1v) is 9.44. The van der Waals surface area contributed by atoms with Gasteiger partial charge < -0.3 is 4.90 Å². The maximum Gasteiger partial charge on any atom is 0.472 e. The molecule has 2 heterocycles. The van der Waals surface area contributed by atoms with Crippen molar-refractivity contribution in [2.75, 3.05) is 12.3 Å². The molecule has 2 fully saturated rings. The van der Waals surface area contributed by atoms with Crippen LogP contribution in [0.1, 0.15) is 22.8 Å². The van der Waals surface area contributed by atoms with Crippen LogP contribution in [0.2, 0.25) is 0 Å². The Bertz CT molecular complexity index is 624. The van der Waals surface area contributed by atoms with Crippen molar-refractivity contribution in [3.63, 3.8) is 0 Å². The number of benzene rings is 2. The molecule has 2 aromatic rings. The minimum Gasteiger partial charge on any atom is -0.329 e. The zero-order valence-corrected chi connectivity index (χ0v) is 14.3. The number of nitrogens with zero attached hydrogens (tertiary/aromatic N) is 1. The predicted octanol–water partition coefficient (Wildman–Crippen LogP) is 3.50. The summed E-state index contributed by atoms with van der Waals surface area (Å²) in [6, 6.07) is 19.7. The topological polar surface area (TPSA) is 37.4 Å². The van der Waals surface area contributed by atoms with Gasteiger partial charge in [0.25, 0.3) is 5.25 Å². The van der Waals surface area contributed by atoms with Gasteiger partial charge in [0, 0.05) is 27.6 Å². The van der Waals surface area contributed by atoms with E-state index in [1.165, 1.54) is 0 Å². The lowest BCUT2D eigenvalue weighted by atomic mass is 10.0. The minimum absolute atomic E-state index is 0.104. The van der Waals surface area contributed by atoms with Gasteiger partial charge >= 0.3 is 11.7 Å². The quantitative estimate of drug-likeness (QED) is 0.632. The molecule has 2 aliphatic rings. The number of amides is 1.